The predicted octanol–water partition coefficient (Wildman–Crippen LogP) is 2.15. The van der Waals surface area contributed by atoms with Gasteiger partial charge >= 0.3 is 0 Å². The van der Waals surface area contributed by atoms with Crippen LogP contribution < -0.4 is 9.80 Å². The molecule has 0 spiro atoms. The van der Waals surface area contributed by atoms with Crippen molar-refractivity contribution in [1.82, 2.24) is 14.9 Å². The summed E-state index contributed by atoms with van der Waals surface area (Å²) in [6.07, 6.45) is 0.899. The maximum Gasteiger partial charge on any atom is 0.253 e. The number of amides is 1. The number of hydrogen-bond donors (Lipinski definition) is 1. The molecule has 162 valence electrons. The van der Waals surface area contributed by atoms with Gasteiger partial charge in [-0.1, -0.05) is 30.8 Å². The Morgan fingerprint density at radius 3 is 2.60 bits per heavy atom. The number of nitrogens with one attached hydrogen (secondary N) is 1. The number of anilines is 1. The number of benzene rings is 1. The van der Waals surface area contributed by atoms with Crippen molar-refractivity contribution >= 4 is 23.5 Å². The van der Waals surface area contributed by atoms with Gasteiger partial charge in [0.1, 0.15) is 5.82 Å². The van der Waals surface area contributed by atoms with E-state index in [2.05, 4.69) is 30.9 Å². The summed E-state index contributed by atoms with van der Waals surface area (Å²) in [5.74, 6) is 1.86. The first-order valence-electron chi connectivity index (χ1n) is 11.0. The molecule has 1 amide bonds. The number of piperazine rings is 1. The fourth-order valence-corrected chi connectivity index (χ4v) is 4.39. The van der Waals surface area contributed by atoms with E-state index >= 15 is 0 Å². The van der Waals surface area contributed by atoms with Crippen LogP contribution in [0.5, 0.6) is 0 Å². The second-order valence-electron chi connectivity index (χ2n) is 7.75. The van der Waals surface area contributed by atoms with Gasteiger partial charge in [-0.25, -0.2) is 9.97 Å². The van der Waals surface area contributed by atoms with Gasteiger partial charge in [0.2, 0.25) is 0 Å². The van der Waals surface area contributed by atoms with E-state index in [-0.39, 0.29) is 5.91 Å². The molecule has 6 nitrogen and oxygen atoms in total. The normalized spacial score (nSPS) is 14.7. The van der Waals surface area contributed by atoms with Gasteiger partial charge in [-0.15, -0.1) is 0 Å². The smallest absolute Gasteiger partial charge is 0.253 e. The Kier molecular flexibility index (Phi) is 8.10. The molecule has 3 rings (SSSR count). The maximum absolute atomic E-state index is 12.4. The Hall–Kier alpha value is -2.12. The lowest BCUT2D eigenvalue weighted by atomic mass is 10.1. The number of carbonyl (C=O) groups is 1. The molecule has 1 saturated heterocycles. The first-order chi connectivity index (χ1) is 14.5. The van der Waals surface area contributed by atoms with Crippen molar-refractivity contribution in [2.24, 2.45) is 0 Å². The molecule has 0 unspecified atom stereocenters. The number of carbonyl (C=O) groups excluding carboxylic acids is 1. The van der Waals surface area contributed by atoms with Crippen molar-refractivity contribution < 1.29 is 9.69 Å². The SMILES string of the molecule is CCc1cc(N2CC[NH+](CC)CC2)nc(SCc2cccc(C(=O)N(C)CC)c2)n1. The van der Waals surface area contributed by atoms with Crippen LogP contribution in [0.1, 0.15) is 42.4 Å². The molecule has 1 fully saturated rings. The summed E-state index contributed by atoms with van der Waals surface area (Å²) < 4.78 is 0. The third-order valence-corrected chi connectivity index (χ3v) is 6.68. The van der Waals surface area contributed by atoms with Gasteiger partial charge in [-0.2, -0.15) is 0 Å². The van der Waals surface area contributed by atoms with Gasteiger partial charge in [0.15, 0.2) is 5.16 Å². The summed E-state index contributed by atoms with van der Waals surface area (Å²) in [5, 5.41) is 0.817. The number of quaternary nitrogens is 1. The van der Waals surface area contributed by atoms with Crippen LogP contribution in [0.4, 0.5) is 5.82 Å². The van der Waals surface area contributed by atoms with Gasteiger partial charge in [-0.3, -0.25) is 4.79 Å². The van der Waals surface area contributed by atoms with Crippen LogP contribution in [0.2, 0.25) is 0 Å². The summed E-state index contributed by atoms with van der Waals surface area (Å²) in [6.45, 7) is 12.7. The van der Waals surface area contributed by atoms with Crippen LogP contribution in [0.15, 0.2) is 35.5 Å². The minimum absolute atomic E-state index is 0.0595. The summed E-state index contributed by atoms with van der Waals surface area (Å²) >= 11 is 1.64. The van der Waals surface area contributed by atoms with E-state index in [0.717, 1.165) is 66.1 Å². The second kappa shape index (κ2) is 10.8. The molecular weight excluding hydrogens is 394 g/mol. The first kappa shape index (κ1) is 22.6. The van der Waals surface area contributed by atoms with Crippen molar-refractivity contribution in [3.8, 4) is 0 Å². The summed E-state index contributed by atoms with van der Waals surface area (Å²) in [7, 11) is 1.83. The van der Waals surface area contributed by atoms with E-state index in [9.17, 15) is 4.79 Å². The van der Waals surface area contributed by atoms with Crippen molar-refractivity contribution in [1.29, 1.82) is 0 Å². The molecule has 0 aliphatic carbocycles. The van der Waals surface area contributed by atoms with Gasteiger partial charge < -0.3 is 14.7 Å². The zero-order valence-electron chi connectivity index (χ0n) is 18.6. The zero-order valence-corrected chi connectivity index (χ0v) is 19.5. The number of rotatable bonds is 8. The second-order valence-corrected chi connectivity index (χ2v) is 8.70. The topological polar surface area (TPSA) is 53.8 Å². The molecule has 2 heterocycles. The summed E-state index contributed by atoms with van der Waals surface area (Å²) in [4.78, 5) is 27.8. The monoisotopic (exact) mass is 428 g/mol. The highest BCUT2D eigenvalue weighted by molar-refractivity contribution is 7.98. The molecule has 1 N–H and O–H groups in total. The van der Waals surface area contributed by atoms with Crippen LogP contribution in [0.3, 0.4) is 0 Å². The van der Waals surface area contributed by atoms with E-state index in [1.54, 1.807) is 21.6 Å². The highest BCUT2D eigenvalue weighted by Gasteiger charge is 2.20. The van der Waals surface area contributed by atoms with Crippen LogP contribution in [-0.2, 0) is 12.2 Å². The van der Waals surface area contributed by atoms with Gasteiger partial charge in [0.25, 0.3) is 5.91 Å². The van der Waals surface area contributed by atoms with Crippen molar-refractivity contribution in [2.45, 2.75) is 38.1 Å². The Balaban J connectivity index is 1.70. The van der Waals surface area contributed by atoms with Crippen molar-refractivity contribution in [3.63, 3.8) is 0 Å². The number of aromatic nitrogens is 2. The molecule has 0 bridgehead atoms. The van der Waals surface area contributed by atoms with Crippen LogP contribution in [-0.4, -0.2) is 67.1 Å². The molecule has 0 atom stereocenters. The first-order valence-corrected chi connectivity index (χ1v) is 12.0. The Labute approximate surface area is 184 Å². The van der Waals surface area contributed by atoms with Crippen molar-refractivity contribution in [2.75, 3.05) is 51.2 Å². The van der Waals surface area contributed by atoms with Gasteiger partial charge in [-0.05, 0) is 38.0 Å². The fraction of sp³-hybridized carbons (Fsp3) is 0.522. The number of likely N-dealkylation sites (N-methyl/N-ethyl adjacent to an activating group) is 1. The zero-order chi connectivity index (χ0) is 21.5. The highest BCUT2D eigenvalue weighted by Crippen LogP contribution is 2.24. The van der Waals surface area contributed by atoms with E-state index in [1.165, 1.54) is 6.54 Å². The molecule has 0 saturated carbocycles. The van der Waals surface area contributed by atoms with E-state index < -0.39 is 0 Å². The summed E-state index contributed by atoms with van der Waals surface area (Å²) in [6, 6.07) is 10.0. The number of thioether (sulfide) groups is 1. The minimum Gasteiger partial charge on any atom is -0.345 e. The van der Waals surface area contributed by atoms with E-state index in [0.29, 0.717) is 6.54 Å². The molecule has 2 aromatic rings. The third kappa shape index (κ3) is 5.73. The lowest BCUT2D eigenvalue weighted by Gasteiger charge is -2.32. The Morgan fingerprint density at radius 1 is 1.17 bits per heavy atom. The third-order valence-electron chi connectivity index (χ3n) is 5.76. The Morgan fingerprint density at radius 2 is 1.93 bits per heavy atom. The largest absolute Gasteiger partial charge is 0.345 e. The average Bonchev–Trinajstić information content (AvgIpc) is 2.81. The van der Waals surface area contributed by atoms with Crippen LogP contribution in [0.25, 0.3) is 0 Å². The highest BCUT2D eigenvalue weighted by atomic mass is 32.2. The molecular formula is C23H34N5OS+. The number of nitrogens with zero attached hydrogens (tertiary/aromatic N) is 4. The van der Waals surface area contributed by atoms with Crippen LogP contribution >= 0.6 is 11.8 Å². The van der Waals surface area contributed by atoms with Gasteiger partial charge in [0, 0.05) is 36.7 Å². The predicted molar refractivity (Wildman–Crippen MR) is 123 cm³/mol. The lowest BCUT2D eigenvalue weighted by molar-refractivity contribution is -0.898. The Bertz CT molecular complexity index is 851. The minimum atomic E-state index is 0.0595. The lowest BCUT2D eigenvalue weighted by Crippen LogP contribution is -3.14. The molecule has 1 aliphatic heterocycles. The average molecular weight is 429 g/mol. The molecule has 1 aromatic heterocycles. The quantitative estimate of drug-likeness (QED) is 0.516. The maximum atomic E-state index is 12.4. The van der Waals surface area contributed by atoms with E-state index in [1.807, 2.05) is 32.2 Å². The summed E-state index contributed by atoms with van der Waals surface area (Å²) in [5.41, 5.74) is 2.93. The molecule has 7 heteroatoms. The molecule has 0 radical (unpaired) electrons. The fourth-order valence-electron chi connectivity index (χ4n) is 3.58. The standard InChI is InChI=1S/C23H33N5OS/c1-5-20-16-21(28-13-11-27(7-3)12-14-28)25-23(24-20)30-17-18-9-8-10-19(15-18)22(29)26(4)6-2/h8-10,15-16H,5-7,11-14,17H2,1-4H3/p+1. The van der Waals surface area contributed by atoms with E-state index in [4.69, 9.17) is 9.97 Å². The molecule has 1 aromatic carbocycles. The molecule has 30 heavy (non-hydrogen) atoms. The van der Waals surface area contributed by atoms with Gasteiger partial charge in [0.05, 0.1) is 32.7 Å². The number of aryl methyl sites for hydroxylation is 1. The number of hydrogen-bond acceptors (Lipinski definition) is 5. The van der Waals surface area contributed by atoms with Crippen molar-refractivity contribution in [3.05, 3.63) is 47.2 Å². The van der Waals surface area contributed by atoms with Crippen LogP contribution in [0, 0.1) is 0 Å². The molecule has 1 aliphatic rings.